The van der Waals surface area contributed by atoms with Gasteiger partial charge in [0.1, 0.15) is 11.4 Å². The molecule has 0 aromatic carbocycles. The van der Waals surface area contributed by atoms with E-state index in [1.54, 1.807) is 6.20 Å². The van der Waals surface area contributed by atoms with E-state index in [1.807, 2.05) is 19.3 Å². The van der Waals surface area contributed by atoms with Crippen LogP contribution in [0.5, 0.6) is 5.75 Å². The van der Waals surface area contributed by atoms with Gasteiger partial charge in [0.25, 0.3) is 0 Å². The summed E-state index contributed by atoms with van der Waals surface area (Å²) in [6.45, 7) is 2.27. The average Bonchev–Trinajstić information content (AvgIpc) is 2.68. The molecule has 0 aliphatic heterocycles. The van der Waals surface area contributed by atoms with Crippen LogP contribution in [0.2, 0.25) is 0 Å². The molecule has 0 aliphatic carbocycles. The van der Waals surface area contributed by atoms with Crippen LogP contribution in [-0.4, -0.2) is 29.5 Å². The van der Waals surface area contributed by atoms with Crippen LogP contribution in [0, 0.1) is 0 Å². The number of H-pyrrole nitrogens is 1. The number of likely N-dealkylation sites (N-methyl/N-ethyl adjacent to an activating group) is 1. The van der Waals surface area contributed by atoms with Crippen molar-refractivity contribution in [1.82, 2.24) is 15.3 Å². The lowest BCUT2D eigenvalue weighted by Gasteiger charge is -2.02. The summed E-state index contributed by atoms with van der Waals surface area (Å²) in [5, 5.41) is 4.10. The van der Waals surface area contributed by atoms with Gasteiger partial charge in [-0.05, 0) is 31.6 Å². The van der Waals surface area contributed by atoms with Crippen molar-refractivity contribution in [2.45, 2.75) is 13.3 Å². The molecule has 2 heterocycles. The van der Waals surface area contributed by atoms with Crippen molar-refractivity contribution in [3.63, 3.8) is 0 Å². The lowest BCUT2D eigenvalue weighted by molar-refractivity contribution is -0.131. The first-order chi connectivity index (χ1) is 8.20. The number of fused-ring (bicyclic) bond motifs is 1. The van der Waals surface area contributed by atoms with Crippen molar-refractivity contribution in [2.24, 2.45) is 0 Å². The van der Waals surface area contributed by atoms with E-state index in [0.29, 0.717) is 5.75 Å². The van der Waals surface area contributed by atoms with Crippen LogP contribution in [0.1, 0.15) is 12.5 Å². The molecule has 5 nitrogen and oxygen atoms in total. The maximum Gasteiger partial charge on any atom is 0.308 e. The molecular weight excluding hydrogens is 218 g/mol. The Bertz CT molecular complexity index is 534. The van der Waals surface area contributed by atoms with Crippen molar-refractivity contribution in [1.29, 1.82) is 0 Å². The van der Waals surface area contributed by atoms with Crippen LogP contribution in [0.3, 0.4) is 0 Å². The molecule has 0 fully saturated rings. The molecule has 0 saturated heterocycles. The molecule has 0 bridgehead atoms. The molecule has 0 spiro atoms. The Labute approximate surface area is 99.2 Å². The normalized spacial score (nSPS) is 10.7. The molecule has 90 valence electrons. The van der Waals surface area contributed by atoms with Gasteiger partial charge in [-0.3, -0.25) is 4.79 Å². The number of aromatic nitrogens is 2. The second-order valence-corrected chi connectivity index (χ2v) is 3.83. The molecule has 0 unspecified atom stereocenters. The molecule has 2 aromatic heterocycles. The van der Waals surface area contributed by atoms with Crippen LogP contribution < -0.4 is 10.1 Å². The number of hydrogen-bond donors (Lipinski definition) is 2. The number of hydrogen-bond acceptors (Lipinski definition) is 4. The number of carbonyl (C=O) groups is 1. The van der Waals surface area contributed by atoms with E-state index in [2.05, 4.69) is 15.3 Å². The third kappa shape index (κ3) is 2.62. The summed E-state index contributed by atoms with van der Waals surface area (Å²) >= 11 is 0. The van der Waals surface area contributed by atoms with Crippen molar-refractivity contribution in [2.75, 3.05) is 13.6 Å². The van der Waals surface area contributed by atoms with E-state index in [0.717, 1.165) is 29.6 Å². The Kier molecular flexibility index (Phi) is 3.39. The van der Waals surface area contributed by atoms with Crippen molar-refractivity contribution in [3.05, 3.63) is 24.0 Å². The van der Waals surface area contributed by atoms with Gasteiger partial charge in [-0.25, -0.2) is 4.98 Å². The first-order valence-electron chi connectivity index (χ1n) is 5.49. The van der Waals surface area contributed by atoms with Crippen molar-refractivity contribution < 1.29 is 9.53 Å². The molecule has 0 radical (unpaired) electrons. The highest BCUT2D eigenvalue weighted by molar-refractivity contribution is 5.82. The highest BCUT2D eigenvalue weighted by atomic mass is 16.5. The standard InChI is InChI=1S/C12H15N3O2/c1-8(16)17-10-5-11-9(3-4-13-2)6-14-12(11)15-7-10/h5-7,13H,3-4H2,1-2H3,(H,14,15). The zero-order valence-corrected chi connectivity index (χ0v) is 9.91. The second kappa shape index (κ2) is 4.97. The van der Waals surface area contributed by atoms with Gasteiger partial charge in [0.2, 0.25) is 0 Å². The summed E-state index contributed by atoms with van der Waals surface area (Å²) in [6.07, 6.45) is 4.39. The summed E-state index contributed by atoms with van der Waals surface area (Å²) < 4.78 is 5.02. The Hall–Kier alpha value is -1.88. The van der Waals surface area contributed by atoms with E-state index in [-0.39, 0.29) is 5.97 Å². The minimum atomic E-state index is -0.335. The number of aromatic amines is 1. The zero-order chi connectivity index (χ0) is 12.3. The minimum absolute atomic E-state index is 0.335. The smallest absolute Gasteiger partial charge is 0.308 e. The lowest BCUT2D eigenvalue weighted by Crippen LogP contribution is -2.09. The topological polar surface area (TPSA) is 67.0 Å². The minimum Gasteiger partial charge on any atom is -0.425 e. The molecule has 5 heteroatoms. The Morgan fingerprint density at radius 1 is 1.59 bits per heavy atom. The van der Waals surface area contributed by atoms with E-state index < -0.39 is 0 Å². The fourth-order valence-corrected chi connectivity index (χ4v) is 1.73. The number of carbonyl (C=O) groups excluding carboxylic acids is 1. The van der Waals surface area contributed by atoms with E-state index in [1.165, 1.54) is 6.92 Å². The number of nitrogens with one attached hydrogen (secondary N) is 2. The summed E-state index contributed by atoms with van der Waals surface area (Å²) in [6, 6.07) is 1.84. The summed E-state index contributed by atoms with van der Waals surface area (Å²) in [4.78, 5) is 18.2. The maximum absolute atomic E-state index is 10.9. The third-order valence-electron chi connectivity index (χ3n) is 2.50. The largest absolute Gasteiger partial charge is 0.425 e. The van der Waals surface area contributed by atoms with Crippen LogP contribution in [-0.2, 0) is 11.2 Å². The zero-order valence-electron chi connectivity index (χ0n) is 9.91. The molecule has 2 N–H and O–H groups in total. The number of ether oxygens (including phenoxy) is 1. The fourth-order valence-electron chi connectivity index (χ4n) is 1.73. The van der Waals surface area contributed by atoms with Crippen molar-refractivity contribution >= 4 is 17.0 Å². The molecular formula is C12H15N3O2. The number of esters is 1. The quantitative estimate of drug-likeness (QED) is 0.780. The van der Waals surface area contributed by atoms with Crippen LogP contribution in [0.4, 0.5) is 0 Å². The molecule has 2 aromatic rings. The van der Waals surface area contributed by atoms with Gasteiger partial charge in [0.15, 0.2) is 0 Å². The van der Waals surface area contributed by atoms with E-state index in [4.69, 9.17) is 4.74 Å². The Morgan fingerprint density at radius 3 is 3.12 bits per heavy atom. The molecule has 2 rings (SSSR count). The monoisotopic (exact) mass is 233 g/mol. The van der Waals surface area contributed by atoms with Gasteiger partial charge in [-0.2, -0.15) is 0 Å². The molecule has 0 saturated carbocycles. The van der Waals surface area contributed by atoms with Gasteiger partial charge in [-0.15, -0.1) is 0 Å². The Balaban J connectivity index is 2.32. The third-order valence-corrected chi connectivity index (χ3v) is 2.50. The van der Waals surface area contributed by atoms with Crippen molar-refractivity contribution in [3.8, 4) is 5.75 Å². The van der Waals surface area contributed by atoms with Gasteiger partial charge in [0.05, 0.1) is 6.20 Å². The predicted molar refractivity (Wildman–Crippen MR) is 65.0 cm³/mol. The maximum atomic E-state index is 10.9. The fraction of sp³-hybridized carbons (Fsp3) is 0.333. The number of pyridine rings is 1. The molecule has 0 atom stereocenters. The number of nitrogens with zero attached hydrogens (tertiary/aromatic N) is 1. The van der Waals surface area contributed by atoms with Crippen LogP contribution >= 0.6 is 0 Å². The first-order valence-corrected chi connectivity index (χ1v) is 5.49. The van der Waals surface area contributed by atoms with E-state index >= 15 is 0 Å². The number of rotatable bonds is 4. The van der Waals surface area contributed by atoms with Gasteiger partial charge < -0.3 is 15.0 Å². The highest BCUT2D eigenvalue weighted by Gasteiger charge is 2.07. The molecule has 0 aliphatic rings. The van der Waals surface area contributed by atoms with E-state index in [9.17, 15) is 4.79 Å². The predicted octanol–water partition coefficient (Wildman–Crippen LogP) is 1.25. The molecule has 17 heavy (non-hydrogen) atoms. The summed E-state index contributed by atoms with van der Waals surface area (Å²) in [5.41, 5.74) is 1.97. The van der Waals surface area contributed by atoms with Gasteiger partial charge in [-0.1, -0.05) is 0 Å². The first kappa shape index (κ1) is 11.6. The van der Waals surface area contributed by atoms with Crippen LogP contribution in [0.15, 0.2) is 18.5 Å². The van der Waals surface area contributed by atoms with Crippen LogP contribution in [0.25, 0.3) is 11.0 Å². The van der Waals surface area contributed by atoms with Gasteiger partial charge >= 0.3 is 5.97 Å². The summed E-state index contributed by atoms with van der Waals surface area (Å²) in [5.74, 6) is 0.147. The molecule has 0 amide bonds. The lowest BCUT2D eigenvalue weighted by atomic mass is 10.1. The highest BCUT2D eigenvalue weighted by Crippen LogP contribution is 2.21. The Morgan fingerprint density at radius 2 is 2.41 bits per heavy atom. The SMILES string of the molecule is CNCCc1c[nH]c2ncc(OC(C)=O)cc12. The summed E-state index contributed by atoms with van der Waals surface area (Å²) in [7, 11) is 1.91. The second-order valence-electron chi connectivity index (χ2n) is 3.83. The average molecular weight is 233 g/mol. The van der Waals surface area contributed by atoms with Gasteiger partial charge in [0, 0.05) is 18.5 Å².